The average molecular weight is 368 g/mol. The molecule has 1 aliphatic carbocycles. The fraction of sp³-hybridized carbons (Fsp3) is 0.316. The monoisotopic (exact) mass is 368 g/mol. The van der Waals surface area contributed by atoms with Crippen molar-refractivity contribution in [1.29, 1.82) is 0 Å². The molecule has 3 aromatic rings. The third-order valence-corrected chi connectivity index (χ3v) is 4.98. The Morgan fingerprint density at radius 2 is 2.12 bits per heavy atom. The molecule has 1 aliphatic rings. The Balaban J connectivity index is 1.58. The molecule has 0 radical (unpaired) electrons. The molecule has 2 aromatic heterocycles. The molecule has 0 bridgehead atoms. The molecule has 134 valence electrons. The first kappa shape index (κ1) is 16.8. The number of rotatable bonds is 6. The number of benzene rings is 1. The number of nitrogens with one attached hydrogen (secondary N) is 1. The van der Waals surface area contributed by atoms with Gasteiger partial charge in [0.25, 0.3) is 0 Å². The van der Waals surface area contributed by atoms with Crippen molar-refractivity contribution in [3.8, 4) is 22.1 Å². The van der Waals surface area contributed by atoms with Crippen LogP contribution in [0.1, 0.15) is 25.5 Å². The van der Waals surface area contributed by atoms with Crippen LogP contribution < -0.4 is 10.1 Å². The molecule has 1 saturated carbocycles. The van der Waals surface area contributed by atoms with E-state index in [4.69, 9.17) is 9.72 Å². The standard InChI is InChI=1S/C19H20N4O2S/c1-3-25-15-8-6-13(7-9-15)16-11-26-19(20-16)23-17(10-12(2)22-23)21-18(24)14-4-5-14/h6-11,14H,3-5H2,1-2H3,(H,21,24). The second-order valence-electron chi connectivity index (χ2n) is 6.32. The van der Waals surface area contributed by atoms with Gasteiger partial charge in [-0.15, -0.1) is 11.3 Å². The van der Waals surface area contributed by atoms with Crippen molar-refractivity contribution < 1.29 is 9.53 Å². The highest BCUT2D eigenvalue weighted by molar-refractivity contribution is 7.12. The smallest absolute Gasteiger partial charge is 0.228 e. The third-order valence-electron chi connectivity index (χ3n) is 4.17. The van der Waals surface area contributed by atoms with Crippen LogP contribution in [0.5, 0.6) is 5.75 Å². The second kappa shape index (κ2) is 6.92. The van der Waals surface area contributed by atoms with Crippen molar-refractivity contribution in [3.63, 3.8) is 0 Å². The predicted molar refractivity (Wildman–Crippen MR) is 102 cm³/mol. The van der Waals surface area contributed by atoms with E-state index in [1.54, 1.807) is 4.68 Å². The second-order valence-corrected chi connectivity index (χ2v) is 7.16. The van der Waals surface area contributed by atoms with Gasteiger partial charge in [0.05, 0.1) is 18.0 Å². The Hall–Kier alpha value is -2.67. The zero-order chi connectivity index (χ0) is 18.1. The first-order valence-corrected chi connectivity index (χ1v) is 9.58. The number of aryl methyl sites for hydroxylation is 1. The number of carbonyl (C=O) groups is 1. The molecule has 1 aromatic carbocycles. The van der Waals surface area contributed by atoms with Crippen LogP contribution in [0.25, 0.3) is 16.4 Å². The van der Waals surface area contributed by atoms with E-state index in [2.05, 4.69) is 10.4 Å². The molecule has 0 spiro atoms. The molecule has 0 aliphatic heterocycles. The molecule has 1 N–H and O–H groups in total. The lowest BCUT2D eigenvalue weighted by atomic mass is 10.2. The minimum atomic E-state index is 0.0643. The number of hydrogen-bond donors (Lipinski definition) is 1. The lowest BCUT2D eigenvalue weighted by Gasteiger charge is -2.05. The van der Waals surface area contributed by atoms with E-state index in [1.807, 2.05) is 49.6 Å². The summed E-state index contributed by atoms with van der Waals surface area (Å²) in [5, 5.41) is 10.2. The molecule has 6 nitrogen and oxygen atoms in total. The Labute approximate surface area is 155 Å². The van der Waals surface area contributed by atoms with Crippen molar-refractivity contribution in [3.05, 3.63) is 41.4 Å². The highest BCUT2D eigenvalue weighted by Gasteiger charge is 2.30. The van der Waals surface area contributed by atoms with Crippen LogP contribution in [0.15, 0.2) is 35.7 Å². The lowest BCUT2D eigenvalue weighted by molar-refractivity contribution is -0.117. The van der Waals surface area contributed by atoms with E-state index < -0.39 is 0 Å². The number of amides is 1. The lowest BCUT2D eigenvalue weighted by Crippen LogP contribution is -2.16. The Morgan fingerprint density at radius 3 is 2.81 bits per heavy atom. The maximum atomic E-state index is 12.1. The highest BCUT2D eigenvalue weighted by atomic mass is 32.1. The summed E-state index contributed by atoms with van der Waals surface area (Å²) in [6.45, 7) is 4.52. The summed E-state index contributed by atoms with van der Waals surface area (Å²) in [6, 6.07) is 9.74. The van der Waals surface area contributed by atoms with E-state index in [1.165, 1.54) is 11.3 Å². The number of thiazole rings is 1. The topological polar surface area (TPSA) is 69.0 Å². The number of nitrogens with zero attached hydrogens (tertiary/aromatic N) is 3. The number of ether oxygens (including phenoxy) is 1. The van der Waals surface area contributed by atoms with Gasteiger partial charge in [0.15, 0.2) is 0 Å². The molecule has 1 amide bonds. The molecule has 2 heterocycles. The maximum absolute atomic E-state index is 12.1. The van der Waals surface area contributed by atoms with Gasteiger partial charge >= 0.3 is 0 Å². The summed E-state index contributed by atoms with van der Waals surface area (Å²) in [5.41, 5.74) is 2.73. The highest BCUT2D eigenvalue weighted by Crippen LogP contribution is 2.31. The maximum Gasteiger partial charge on any atom is 0.228 e. The summed E-state index contributed by atoms with van der Waals surface area (Å²) in [6.07, 6.45) is 1.94. The quantitative estimate of drug-likeness (QED) is 0.713. The molecule has 0 saturated heterocycles. The Bertz CT molecular complexity index is 925. The molecular weight excluding hydrogens is 348 g/mol. The van der Waals surface area contributed by atoms with E-state index >= 15 is 0 Å². The Kier molecular flexibility index (Phi) is 4.46. The summed E-state index contributed by atoms with van der Waals surface area (Å²) < 4.78 is 7.19. The molecule has 4 rings (SSSR count). The van der Waals surface area contributed by atoms with Crippen LogP contribution in [0.3, 0.4) is 0 Å². The summed E-state index contributed by atoms with van der Waals surface area (Å²) in [4.78, 5) is 16.8. The number of carbonyl (C=O) groups excluding carboxylic acids is 1. The number of anilines is 1. The van der Waals surface area contributed by atoms with Crippen LogP contribution >= 0.6 is 11.3 Å². The van der Waals surface area contributed by atoms with Crippen LogP contribution in [-0.2, 0) is 4.79 Å². The van der Waals surface area contributed by atoms with Gasteiger partial charge in [-0.05, 0) is 51.0 Å². The van der Waals surface area contributed by atoms with Gasteiger partial charge in [-0.1, -0.05) is 0 Å². The van der Waals surface area contributed by atoms with Crippen molar-refractivity contribution >= 4 is 23.1 Å². The molecule has 0 atom stereocenters. The van der Waals surface area contributed by atoms with E-state index in [-0.39, 0.29) is 11.8 Å². The predicted octanol–water partition coefficient (Wildman–Crippen LogP) is 4.05. The zero-order valence-electron chi connectivity index (χ0n) is 14.7. The number of hydrogen-bond acceptors (Lipinski definition) is 5. The van der Waals surface area contributed by atoms with Crippen LogP contribution in [-0.4, -0.2) is 27.3 Å². The molecule has 26 heavy (non-hydrogen) atoms. The van der Waals surface area contributed by atoms with E-state index in [0.29, 0.717) is 12.4 Å². The minimum Gasteiger partial charge on any atom is -0.494 e. The normalized spacial score (nSPS) is 13.6. The molecule has 7 heteroatoms. The fourth-order valence-electron chi connectivity index (χ4n) is 2.69. The zero-order valence-corrected chi connectivity index (χ0v) is 15.5. The van der Waals surface area contributed by atoms with Crippen molar-refractivity contribution in [2.45, 2.75) is 26.7 Å². The summed E-state index contributed by atoms with van der Waals surface area (Å²) >= 11 is 1.50. The van der Waals surface area contributed by atoms with Crippen LogP contribution in [0.4, 0.5) is 5.82 Å². The fourth-order valence-corrected chi connectivity index (χ4v) is 3.49. The van der Waals surface area contributed by atoms with Gasteiger partial charge in [0.1, 0.15) is 11.6 Å². The molecule has 1 fully saturated rings. The molecular formula is C19H20N4O2S. The van der Waals surface area contributed by atoms with Gasteiger partial charge in [-0.2, -0.15) is 9.78 Å². The third kappa shape index (κ3) is 3.48. The van der Waals surface area contributed by atoms with Crippen molar-refractivity contribution in [1.82, 2.24) is 14.8 Å². The van der Waals surface area contributed by atoms with Gasteiger partial charge in [-0.25, -0.2) is 4.98 Å². The number of aromatic nitrogens is 3. The van der Waals surface area contributed by atoms with Crippen molar-refractivity contribution in [2.75, 3.05) is 11.9 Å². The minimum absolute atomic E-state index is 0.0643. The molecule has 0 unspecified atom stereocenters. The first-order chi connectivity index (χ1) is 12.6. The van der Waals surface area contributed by atoms with Gasteiger partial charge in [-0.3, -0.25) is 4.79 Å². The van der Waals surface area contributed by atoms with Crippen LogP contribution in [0.2, 0.25) is 0 Å². The SMILES string of the molecule is CCOc1ccc(-c2csc(-n3nc(C)cc3NC(=O)C3CC3)n2)cc1. The van der Waals surface area contributed by atoms with Crippen LogP contribution in [0, 0.1) is 12.8 Å². The van der Waals surface area contributed by atoms with Crippen molar-refractivity contribution in [2.24, 2.45) is 5.92 Å². The first-order valence-electron chi connectivity index (χ1n) is 8.70. The average Bonchev–Trinajstić information content (AvgIpc) is 3.27. The Morgan fingerprint density at radius 1 is 1.35 bits per heavy atom. The van der Waals surface area contributed by atoms with Gasteiger partial charge < -0.3 is 10.1 Å². The van der Waals surface area contributed by atoms with Gasteiger partial charge in [0, 0.05) is 22.9 Å². The van der Waals surface area contributed by atoms with E-state index in [9.17, 15) is 4.79 Å². The summed E-state index contributed by atoms with van der Waals surface area (Å²) in [7, 11) is 0. The largest absolute Gasteiger partial charge is 0.494 e. The summed E-state index contributed by atoms with van der Waals surface area (Å²) in [5.74, 6) is 1.73. The van der Waals surface area contributed by atoms with Gasteiger partial charge in [0.2, 0.25) is 11.0 Å². The van der Waals surface area contributed by atoms with E-state index in [0.717, 1.165) is 40.7 Å².